The Labute approximate surface area is 200 Å². The van der Waals surface area contributed by atoms with Crippen molar-refractivity contribution in [1.82, 2.24) is 9.97 Å². The first kappa shape index (κ1) is 22.9. The van der Waals surface area contributed by atoms with E-state index < -0.39 is 0 Å². The molecule has 33 heavy (non-hydrogen) atoms. The summed E-state index contributed by atoms with van der Waals surface area (Å²) in [7, 11) is 0. The van der Waals surface area contributed by atoms with E-state index in [1.807, 2.05) is 25.1 Å². The highest BCUT2D eigenvalue weighted by Gasteiger charge is 2.13. The third kappa shape index (κ3) is 5.97. The molecule has 0 fully saturated rings. The van der Waals surface area contributed by atoms with Crippen molar-refractivity contribution in [3.8, 4) is 10.4 Å². The van der Waals surface area contributed by atoms with Crippen LogP contribution in [0, 0.1) is 0 Å². The normalized spacial score (nSPS) is 10.8. The van der Waals surface area contributed by atoms with Gasteiger partial charge in [-0.1, -0.05) is 55.4 Å². The zero-order valence-electron chi connectivity index (χ0n) is 18.1. The maximum absolute atomic E-state index is 12.5. The predicted octanol–water partition coefficient (Wildman–Crippen LogP) is 6.05. The Morgan fingerprint density at radius 2 is 1.85 bits per heavy atom. The molecule has 0 radical (unpaired) electrons. The maximum atomic E-state index is 12.5. The average Bonchev–Trinajstić information content (AvgIpc) is 3.29. The molecule has 4 aromatic rings. The van der Waals surface area contributed by atoms with Crippen molar-refractivity contribution in [3.63, 3.8) is 0 Å². The summed E-state index contributed by atoms with van der Waals surface area (Å²) in [5.74, 6) is -0.289. The number of esters is 1. The van der Waals surface area contributed by atoms with Crippen LogP contribution in [0.4, 0.5) is 5.69 Å². The van der Waals surface area contributed by atoms with Gasteiger partial charge in [-0.25, -0.2) is 14.8 Å². The van der Waals surface area contributed by atoms with E-state index in [1.165, 1.54) is 18.1 Å². The Kier molecular flexibility index (Phi) is 7.70. The fourth-order valence-electron chi connectivity index (χ4n) is 3.11. The summed E-state index contributed by atoms with van der Waals surface area (Å²) in [6, 6.07) is 18.9. The monoisotopic (exact) mass is 477 g/mol. The molecule has 2 heterocycles. The smallest absolute Gasteiger partial charge is 0.338 e. The molecule has 0 atom stereocenters. The van der Waals surface area contributed by atoms with Crippen LogP contribution < -0.4 is 5.32 Å². The lowest BCUT2D eigenvalue weighted by Crippen LogP contribution is -2.14. The first-order valence-electron chi connectivity index (χ1n) is 10.6. The van der Waals surface area contributed by atoms with Crippen molar-refractivity contribution in [2.24, 2.45) is 0 Å². The number of carbonyl (C=O) groups excluding carboxylic acids is 2. The summed E-state index contributed by atoms with van der Waals surface area (Å²) in [6.45, 7) is 2.46. The number of nitrogens with one attached hydrogen (secondary N) is 1. The molecule has 0 unspecified atom stereocenters. The minimum atomic E-state index is -0.352. The predicted molar refractivity (Wildman–Crippen MR) is 134 cm³/mol. The Balaban J connectivity index is 1.36. The number of hydrogen-bond acceptors (Lipinski definition) is 7. The van der Waals surface area contributed by atoms with E-state index in [2.05, 4.69) is 33.5 Å². The van der Waals surface area contributed by atoms with Gasteiger partial charge in [0.05, 0.1) is 17.9 Å². The molecule has 0 saturated carbocycles. The lowest BCUT2D eigenvalue weighted by atomic mass is 10.2. The quantitative estimate of drug-likeness (QED) is 0.137. The van der Waals surface area contributed by atoms with Gasteiger partial charge < -0.3 is 10.1 Å². The number of fused-ring (bicyclic) bond motifs is 1. The van der Waals surface area contributed by atoms with Crippen LogP contribution in [0.2, 0.25) is 0 Å². The van der Waals surface area contributed by atoms with Crippen molar-refractivity contribution in [1.29, 1.82) is 0 Å². The van der Waals surface area contributed by atoms with Crippen molar-refractivity contribution in [2.75, 3.05) is 17.7 Å². The van der Waals surface area contributed by atoms with E-state index in [9.17, 15) is 9.59 Å². The van der Waals surface area contributed by atoms with Crippen LogP contribution in [-0.2, 0) is 9.53 Å². The molecule has 0 bridgehead atoms. The van der Waals surface area contributed by atoms with Gasteiger partial charge in [0.25, 0.3) is 0 Å². The number of thiophene rings is 1. The lowest BCUT2D eigenvalue weighted by Gasteiger charge is -2.07. The van der Waals surface area contributed by atoms with Gasteiger partial charge in [-0.2, -0.15) is 0 Å². The molecule has 8 heteroatoms. The van der Waals surface area contributed by atoms with E-state index in [0.29, 0.717) is 17.9 Å². The van der Waals surface area contributed by atoms with Gasteiger partial charge in [0.1, 0.15) is 16.2 Å². The maximum Gasteiger partial charge on any atom is 0.338 e. The number of benzene rings is 2. The first-order chi connectivity index (χ1) is 16.1. The second-order valence-electron chi connectivity index (χ2n) is 7.28. The standard InChI is InChI=1S/C25H23N3O3S2/c1-2-3-13-31-25(30)18-9-11-19(12-10-18)28-22(29)15-32-23-20-14-21(17-7-5-4-6-8-17)33-24(20)27-16-26-23/h4-12,14,16H,2-3,13,15H2,1H3,(H,28,29). The molecule has 168 valence electrons. The van der Waals surface area contributed by atoms with Crippen LogP contribution in [0.3, 0.4) is 0 Å². The summed E-state index contributed by atoms with van der Waals surface area (Å²) >= 11 is 2.98. The minimum absolute atomic E-state index is 0.149. The molecule has 2 aromatic heterocycles. The van der Waals surface area contributed by atoms with E-state index in [4.69, 9.17) is 4.74 Å². The number of hydrogen-bond donors (Lipinski definition) is 1. The number of thioether (sulfide) groups is 1. The van der Waals surface area contributed by atoms with Gasteiger partial charge in [0.2, 0.25) is 5.91 Å². The molecule has 0 aliphatic rings. The van der Waals surface area contributed by atoms with Crippen LogP contribution in [0.25, 0.3) is 20.7 Å². The Morgan fingerprint density at radius 1 is 1.06 bits per heavy atom. The van der Waals surface area contributed by atoms with Crippen molar-refractivity contribution in [3.05, 3.63) is 72.6 Å². The van der Waals surface area contributed by atoms with Crippen LogP contribution in [0.1, 0.15) is 30.1 Å². The summed E-state index contributed by atoms with van der Waals surface area (Å²) < 4.78 is 5.20. The van der Waals surface area contributed by atoms with Gasteiger partial charge in [0, 0.05) is 16.0 Å². The molecule has 1 amide bonds. The summed E-state index contributed by atoms with van der Waals surface area (Å²) in [5.41, 5.74) is 2.22. The van der Waals surface area contributed by atoms with Gasteiger partial charge in [-0.05, 0) is 42.3 Å². The van der Waals surface area contributed by atoms with Gasteiger partial charge >= 0.3 is 5.97 Å². The number of unbranched alkanes of at least 4 members (excludes halogenated alkanes) is 1. The molecule has 0 aliphatic carbocycles. The minimum Gasteiger partial charge on any atom is -0.462 e. The Bertz CT molecular complexity index is 1240. The van der Waals surface area contributed by atoms with Gasteiger partial charge in [-0.3, -0.25) is 4.79 Å². The van der Waals surface area contributed by atoms with Crippen LogP contribution >= 0.6 is 23.1 Å². The molecular formula is C25H23N3O3S2. The SMILES string of the molecule is CCCCOC(=O)c1ccc(NC(=O)CSc2ncnc3sc(-c4ccccc4)cc23)cc1. The number of amides is 1. The molecular weight excluding hydrogens is 454 g/mol. The number of rotatable bonds is 9. The zero-order chi connectivity index (χ0) is 23.0. The molecule has 0 spiro atoms. The summed E-state index contributed by atoms with van der Waals surface area (Å²) in [5, 5.41) is 4.58. The highest BCUT2D eigenvalue weighted by molar-refractivity contribution is 8.00. The largest absolute Gasteiger partial charge is 0.462 e. The summed E-state index contributed by atoms with van der Waals surface area (Å²) in [4.78, 5) is 35.2. The highest BCUT2D eigenvalue weighted by Crippen LogP contribution is 2.36. The van der Waals surface area contributed by atoms with E-state index in [0.717, 1.165) is 38.5 Å². The van der Waals surface area contributed by atoms with Gasteiger partial charge in [-0.15, -0.1) is 11.3 Å². The number of carbonyl (C=O) groups is 2. The average molecular weight is 478 g/mol. The molecule has 0 aliphatic heterocycles. The third-order valence-electron chi connectivity index (χ3n) is 4.83. The Morgan fingerprint density at radius 3 is 2.61 bits per heavy atom. The number of ether oxygens (including phenoxy) is 1. The topological polar surface area (TPSA) is 81.2 Å². The second kappa shape index (κ2) is 11.1. The van der Waals surface area contributed by atoms with Crippen molar-refractivity contribution < 1.29 is 14.3 Å². The van der Waals surface area contributed by atoms with Crippen LogP contribution in [-0.4, -0.2) is 34.2 Å². The highest BCUT2D eigenvalue weighted by atomic mass is 32.2. The van der Waals surface area contributed by atoms with E-state index >= 15 is 0 Å². The molecule has 4 rings (SSSR count). The van der Waals surface area contributed by atoms with E-state index in [1.54, 1.807) is 35.6 Å². The van der Waals surface area contributed by atoms with Crippen LogP contribution in [0.5, 0.6) is 0 Å². The fraction of sp³-hybridized carbons (Fsp3) is 0.200. The first-order valence-corrected chi connectivity index (χ1v) is 12.4. The molecule has 1 N–H and O–H groups in total. The molecule has 2 aromatic carbocycles. The number of anilines is 1. The molecule has 6 nitrogen and oxygen atoms in total. The second-order valence-corrected chi connectivity index (χ2v) is 9.27. The zero-order valence-corrected chi connectivity index (χ0v) is 19.7. The van der Waals surface area contributed by atoms with Gasteiger partial charge in [0.15, 0.2) is 0 Å². The fourth-order valence-corrected chi connectivity index (χ4v) is 4.95. The van der Waals surface area contributed by atoms with Crippen LogP contribution in [0.15, 0.2) is 72.0 Å². The lowest BCUT2D eigenvalue weighted by molar-refractivity contribution is -0.113. The van der Waals surface area contributed by atoms with E-state index in [-0.39, 0.29) is 17.6 Å². The third-order valence-corrected chi connectivity index (χ3v) is 6.92. The molecule has 0 saturated heterocycles. The number of nitrogens with zero attached hydrogens (tertiary/aromatic N) is 2. The summed E-state index contributed by atoms with van der Waals surface area (Å²) in [6.07, 6.45) is 3.35. The number of aromatic nitrogens is 2. The van der Waals surface area contributed by atoms with Crippen molar-refractivity contribution in [2.45, 2.75) is 24.8 Å². The van der Waals surface area contributed by atoms with Crippen molar-refractivity contribution >= 4 is 50.9 Å². The Hall–Kier alpha value is -3.23.